The fourth-order valence-electron chi connectivity index (χ4n) is 2.10. The van der Waals surface area contributed by atoms with Gasteiger partial charge in [0.1, 0.15) is 6.26 Å². The predicted octanol–water partition coefficient (Wildman–Crippen LogP) is 3.47. The molecule has 0 atom stereocenters. The molecule has 3 nitrogen and oxygen atoms in total. The molecule has 0 spiro atoms. The molecule has 1 N–H and O–H groups in total. The third kappa shape index (κ3) is 1.80. The molecule has 3 aromatic rings. The van der Waals surface area contributed by atoms with Crippen molar-refractivity contribution in [2.45, 2.75) is 6.92 Å². The first-order valence-electron chi connectivity index (χ1n) is 5.98. The maximum atomic E-state index is 12.4. The molecule has 0 saturated carbocycles. The van der Waals surface area contributed by atoms with Crippen LogP contribution in [0.1, 0.15) is 5.56 Å². The van der Waals surface area contributed by atoms with E-state index >= 15 is 0 Å². The molecule has 2 aromatic carbocycles. The van der Waals surface area contributed by atoms with Gasteiger partial charge in [0.15, 0.2) is 11.3 Å². The van der Waals surface area contributed by atoms with Crippen molar-refractivity contribution in [2.75, 3.05) is 0 Å². The molecule has 0 fully saturated rings. The summed E-state index contributed by atoms with van der Waals surface area (Å²) in [6.45, 7) is 1.76. The number of benzene rings is 2. The van der Waals surface area contributed by atoms with Crippen LogP contribution in [0.25, 0.3) is 22.1 Å². The molecule has 0 bridgehead atoms. The summed E-state index contributed by atoms with van der Waals surface area (Å²) in [5.41, 5.74) is 2.09. The average molecular weight is 252 g/mol. The standard InChI is InChI=1S/C16H12O3/c1-10-7-8-12-15(18)13(9-19-16(12)14(10)17)11-5-3-2-4-6-11/h2-9,17H,1H3. The van der Waals surface area contributed by atoms with Gasteiger partial charge in [0.25, 0.3) is 0 Å². The van der Waals surface area contributed by atoms with Crippen molar-refractivity contribution >= 4 is 11.0 Å². The minimum atomic E-state index is -0.136. The van der Waals surface area contributed by atoms with E-state index in [1.165, 1.54) is 6.26 Å². The molecule has 0 aliphatic rings. The van der Waals surface area contributed by atoms with Crippen LogP contribution in [0, 0.1) is 6.92 Å². The monoisotopic (exact) mass is 252 g/mol. The Bertz CT molecular complexity index is 801. The topological polar surface area (TPSA) is 50.4 Å². The Kier molecular flexibility index (Phi) is 2.60. The van der Waals surface area contributed by atoms with Crippen molar-refractivity contribution in [3.63, 3.8) is 0 Å². The minimum absolute atomic E-state index is 0.0224. The van der Waals surface area contributed by atoms with Crippen molar-refractivity contribution in [1.82, 2.24) is 0 Å². The molecule has 94 valence electrons. The third-order valence-corrected chi connectivity index (χ3v) is 3.20. The van der Waals surface area contributed by atoms with Gasteiger partial charge in [0.2, 0.25) is 5.43 Å². The van der Waals surface area contributed by atoms with E-state index in [1.54, 1.807) is 19.1 Å². The summed E-state index contributed by atoms with van der Waals surface area (Å²) in [6.07, 6.45) is 1.40. The average Bonchev–Trinajstić information content (AvgIpc) is 2.44. The molecule has 3 rings (SSSR count). The zero-order valence-electron chi connectivity index (χ0n) is 10.4. The highest BCUT2D eigenvalue weighted by Crippen LogP contribution is 2.28. The number of fused-ring (bicyclic) bond motifs is 1. The normalized spacial score (nSPS) is 10.8. The predicted molar refractivity (Wildman–Crippen MR) is 74.3 cm³/mol. The lowest BCUT2D eigenvalue weighted by atomic mass is 10.0. The lowest BCUT2D eigenvalue weighted by Gasteiger charge is -2.05. The van der Waals surface area contributed by atoms with E-state index in [0.29, 0.717) is 16.5 Å². The zero-order valence-corrected chi connectivity index (χ0v) is 10.4. The summed E-state index contributed by atoms with van der Waals surface area (Å²) in [7, 11) is 0. The lowest BCUT2D eigenvalue weighted by Crippen LogP contribution is -2.04. The zero-order chi connectivity index (χ0) is 13.4. The van der Waals surface area contributed by atoms with Gasteiger partial charge in [0, 0.05) is 0 Å². The Labute approximate surface area is 109 Å². The highest BCUT2D eigenvalue weighted by Gasteiger charge is 2.12. The van der Waals surface area contributed by atoms with Gasteiger partial charge in [-0.1, -0.05) is 36.4 Å². The van der Waals surface area contributed by atoms with Gasteiger partial charge in [-0.05, 0) is 24.1 Å². The Balaban J connectivity index is 2.35. The molecule has 0 unspecified atom stereocenters. The van der Waals surface area contributed by atoms with E-state index in [9.17, 15) is 9.90 Å². The first-order chi connectivity index (χ1) is 9.18. The third-order valence-electron chi connectivity index (χ3n) is 3.20. The molecule has 3 heteroatoms. The van der Waals surface area contributed by atoms with Crippen molar-refractivity contribution in [3.05, 3.63) is 64.5 Å². The van der Waals surface area contributed by atoms with Gasteiger partial charge in [-0.3, -0.25) is 4.79 Å². The second kappa shape index (κ2) is 4.28. The minimum Gasteiger partial charge on any atom is -0.504 e. The van der Waals surface area contributed by atoms with E-state index in [0.717, 1.165) is 5.56 Å². The van der Waals surface area contributed by atoms with Gasteiger partial charge in [-0.2, -0.15) is 0 Å². The molecule has 0 aliphatic heterocycles. The summed E-state index contributed by atoms with van der Waals surface area (Å²) in [5, 5.41) is 10.3. The SMILES string of the molecule is Cc1ccc2c(=O)c(-c3ccccc3)coc2c1O. The Morgan fingerprint density at radius 2 is 1.79 bits per heavy atom. The van der Waals surface area contributed by atoms with Crippen LogP contribution >= 0.6 is 0 Å². The van der Waals surface area contributed by atoms with E-state index in [-0.39, 0.29) is 16.8 Å². The van der Waals surface area contributed by atoms with Gasteiger partial charge in [0.05, 0.1) is 10.9 Å². The Morgan fingerprint density at radius 1 is 1.05 bits per heavy atom. The lowest BCUT2D eigenvalue weighted by molar-refractivity contribution is 0.459. The van der Waals surface area contributed by atoms with Crippen molar-refractivity contribution in [2.24, 2.45) is 0 Å². The number of hydrogen-bond donors (Lipinski definition) is 1. The maximum Gasteiger partial charge on any atom is 0.200 e. The van der Waals surface area contributed by atoms with E-state index in [4.69, 9.17) is 4.42 Å². The molecule has 0 saturated heterocycles. The van der Waals surface area contributed by atoms with Gasteiger partial charge in [-0.25, -0.2) is 0 Å². The van der Waals surface area contributed by atoms with Gasteiger partial charge < -0.3 is 9.52 Å². The molecule has 0 amide bonds. The molecule has 0 aliphatic carbocycles. The fourth-order valence-corrected chi connectivity index (χ4v) is 2.10. The second-order valence-corrected chi connectivity index (χ2v) is 4.45. The van der Waals surface area contributed by atoms with E-state index in [1.807, 2.05) is 30.3 Å². The van der Waals surface area contributed by atoms with Crippen LogP contribution in [0.4, 0.5) is 0 Å². The number of aryl methyl sites for hydroxylation is 1. The van der Waals surface area contributed by atoms with Crippen LogP contribution in [-0.2, 0) is 0 Å². The van der Waals surface area contributed by atoms with Gasteiger partial charge in [-0.15, -0.1) is 0 Å². The second-order valence-electron chi connectivity index (χ2n) is 4.45. The molecule has 0 radical (unpaired) electrons. The van der Waals surface area contributed by atoms with Crippen LogP contribution in [0.15, 0.2) is 57.9 Å². The van der Waals surface area contributed by atoms with Crippen molar-refractivity contribution < 1.29 is 9.52 Å². The number of hydrogen-bond acceptors (Lipinski definition) is 3. The Morgan fingerprint density at radius 3 is 2.53 bits per heavy atom. The van der Waals surface area contributed by atoms with Crippen LogP contribution < -0.4 is 5.43 Å². The van der Waals surface area contributed by atoms with Crippen LogP contribution in [0.5, 0.6) is 5.75 Å². The van der Waals surface area contributed by atoms with Crippen LogP contribution in [0.2, 0.25) is 0 Å². The van der Waals surface area contributed by atoms with Crippen molar-refractivity contribution in [1.29, 1.82) is 0 Å². The van der Waals surface area contributed by atoms with Crippen molar-refractivity contribution in [3.8, 4) is 16.9 Å². The highest BCUT2D eigenvalue weighted by molar-refractivity contribution is 5.86. The maximum absolute atomic E-state index is 12.4. The fraction of sp³-hybridized carbons (Fsp3) is 0.0625. The molecule has 1 heterocycles. The van der Waals surface area contributed by atoms with E-state index < -0.39 is 0 Å². The van der Waals surface area contributed by atoms with E-state index in [2.05, 4.69) is 0 Å². The molecule has 1 aromatic heterocycles. The summed E-state index contributed by atoms with van der Waals surface area (Å²) in [6, 6.07) is 12.7. The first-order valence-corrected chi connectivity index (χ1v) is 5.98. The quantitative estimate of drug-likeness (QED) is 0.721. The number of phenolic OH excluding ortho intramolecular Hbond substituents is 1. The summed E-state index contributed by atoms with van der Waals surface area (Å²) >= 11 is 0. The number of rotatable bonds is 1. The van der Waals surface area contributed by atoms with Gasteiger partial charge >= 0.3 is 0 Å². The smallest absolute Gasteiger partial charge is 0.200 e. The largest absolute Gasteiger partial charge is 0.504 e. The summed E-state index contributed by atoms with van der Waals surface area (Å²) in [4.78, 5) is 12.4. The highest BCUT2D eigenvalue weighted by atomic mass is 16.3. The Hall–Kier alpha value is -2.55. The first kappa shape index (κ1) is 11.5. The molecular formula is C16H12O3. The summed E-state index contributed by atoms with van der Waals surface area (Å²) < 4.78 is 5.44. The van der Waals surface area contributed by atoms with Crippen LogP contribution in [0.3, 0.4) is 0 Å². The number of phenols is 1. The summed E-state index contributed by atoms with van der Waals surface area (Å²) in [5.74, 6) is 0.0224. The number of aromatic hydroxyl groups is 1. The molecule has 19 heavy (non-hydrogen) atoms. The van der Waals surface area contributed by atoms with Crippen LogP contribution in [-0.4, -0.2) is 5.11 Å². The molecular weight excluding hydrogens is 240 g/mol.